The van der Waals surface area contributed by atoms with Gasteiger partial charge in [0.15, 0.2) is 5.96 Å². The van der Waals surface area contributed by atoms with Gasteiger partial charge in [0.1, 0.15) is 0 Å². The van der Waals surface area contributed by atoms with Gasteiger partial charge in [-0.3, -0.25) is 0 Å². The molecule has 0 radical (unpaired) electrons. The van der Waals surface area contributed by atoms with Gasteiger partial charge in [-0.15, -0.1) is 11.3 Å². The van der Waals surface area contributed by atoms with Gasteiger partial charge >= 0.3 is 0 Å². The van der Waals surface area contributed by atoms with Gasteiger partial charge in [-0.05, 0) is 37.7 Å². The average molecular weight is 328 g/mol. The summed E-state index contributed by atoms with van der Waals surface area (Å²) in [6.07, 6.45) is 1.94. The molecule has 118 valence electrons. The topological polar surface area (TPSA) is 56.7 Å². The Labute approximate surface area is 135 Å². The van der Waals surface area contributed by atoms with Crippen molar-refractivity contribution in [3.63, 3.8) is 0 Å². The highest BCUT2D eigenvalue weighted by Crippen LogP contribution is 2.26. The van der Waals surface area contributed by atoms with Crippen LogP contribution >= 0.6 is 23.1 Å². The zero-order chi connectivity index (χ0) is 15.1. The number of guanidine groups is 1. The van der Waals surface area contributed by atoms with Crippen molar-refractivity contribution >= 4 is 29.1 Å². The number of aryl methyl sites for hydroxylation is 1. The minimum absolute atomic E-state index is 0.566. The van der Waals surface area contributed by atoms with Gasteiger partial charge in [-0.25, -0.2) is 4.99 Å². The molecule has 1 aromatic heterocycles. The molecule has 3 N–H and O–H groups in total. The van der Waals surface area contributed by atoms with E-state index >= 15 is 0 Å². The summed E-state index contributed by atoms with van der Waals surface area (Å²) in [4.78, 5) is 7.29. The van der Waals surface area contributed by atoms with Crippen LogP contribution in [0.1, 0.15) is 30.0 Å². The lowest BCUT2D eigenvalue weighted by Crippen LogP contribution is -2.47. The molecule has 1 aliphatic heterocycles. The number of nitrogens with one attached hydrogen (secondary N) is 2. The molecule has 1 fully saturated rings. The molecule has 1 atom stereocenters. The summed E-state index contributed by atoms with van der Waals surface area (Å²) in [6, 6.07) is 4.33. The van der Waals surface area contributed by atoms with Crippen molar-refractivity contribution in [3.8, 4) is 0 Å². The number of aliphatic hydroxyl groups is 1. The molecule has 0 spiro atoms. The highest BCUT2D eigenvalue weighted by molar-refractivity contribution is 7.99. The molecular formula is C15H25N3OS2. The Morgan fingerprint density at radius 3 is 2.76 bits per heavy atom. The van der Waals surface area contributed by atoms with Crippen LogP contribution in [0.25, 0.3) is 0 Å². The third kappa shape index (κ3) is 5.20. The minimum atomic E-state index is -0.584. The molecule has 1 aromatic rings. The van der Waals surface area contributed by atoms with Crippen LogP contribution in [0.3, 0.4) is 0 Å². The highest BCUT2D eigenvalue weighted by atomic mass is 32.2. The third-order valence-corrected chi connectivity index (χ3v) is 5.92. The highest BCUT2D eigenvalue weighted by Gasteiger charge is 2.31. The van der Waals surface area contributed by atoms with Crippen molar-refractivity contribution in [1.29, 1.82) is 0 Å². The van der Waals surface area contributed by atoms with E-state index in [9.17, 15) is 5.11 Å². The predicted molar refractivity (Wildman–Crippen MR) is 93.4 cm³/mol. The fourth-order valence-electron chi connectivity index (χ4n) is 2.18. The number of hydrogen-bond donors (Lipinski definition) is 3. The van der Waals surface area contributed by atoms with Crippen molar-refractivity contribution in [2.75, 3.05) is 24.6 Å². The van der Waals surface area contributed by atoms with Crippen LogP contribution in [0.2, 0.25) is 0 Å². The van der Waals surface area contributed by atoms with Crippen LogP contribution < -0.4 is 10.6 Å². The molecule has 6 heteroatoms. The summed E-state index contributed by atoms with van der Waals surface area (Å²) in [6.45, 7) is 6.30. The lowest BCUT2D eigenvalue weighted by Gasteiger charge is -2.23. The number of aliphatic imine (C=N–C) groups is 1. The lowest BCUT2D eigenvalue weighted by molar-refractivity contribution is 0.0724. The predicted octanol–water partition coefficient (Wildman–Crippen LogP) is 2.23. The van der Waals surface area contributed by atoms with Crippen molar-refractivity contribution in [2.45, 2.75) is 38.8 Å². The van der Waals surface area contributed by atoms with E-state index < -0.39 is 5.60 Å². The molecule has 2 rings (SSSR count). The summed E-state index contributed by atoms with van der Waals surface area (Å²) in [5.74, 6) is 2.64. The van der Waals surface area contributed by atoms with Gasteiger partial charge in [-0.1, -0.05) is 6.92 Å². The molecule has 1 aliphatic rings. The van der Waals surface area contributed by atoms with E-state index in [0.29, 0.717) is 13.1 Å². The van der Waals surface area contributed by atoms with Gasteiger partial charge in [-0.2, -0.15) is 11.8 Å². The number of nitrogens with zero attached hydrogens (tertiary/aromatic N) is 1. The maximum absolute atomic E-state index is 10.4. The molecule has 0 aromatic carbocycles. The van der Waals surface area contributed by atoms with Gasteiger partial charge in [0, 0.05) is 28.6 Å². The van der Waals surface area contributed by atoms with E-state index in [0.717, 1.165) is 36.9 Å². The van der Waals surface area contributed by atoms with Crippen LogP contribution in [0, 0.1) is 0 Å². The summed E-state index contributed by atoms with van der Waals surface area (Å²) >= 11 is 3.63. The van der Waals surface area contributed by atoms with Gasteiger partial charge in [0.05, 0.1) is 12.1 Å². The SMILES string of the molecule is CCNC(=NCc1ccc(CC)s1)NCC1(O)CCSC1. The van der Waals surface area contributed by atoms with Crippen LogP contribution in [-0.4, -0.2) is 41.3 Å². The van der Waals surface area contributed by atoms with Crippen LogP contribution in [0.4, 0.5) is 0 Å². The second-order valence-corrected chi connectivity index (χ2v) is 7.66. The number of rotatable bonds is 6. The molecule has 0 aliphatic carbocycles. The Balaban J connectivity index is 1.89. The molecule has 0 amide bonds. The minimum Gasteiger partial charge on any atom is -0.387 e. The van der Waals surface area contributed by atoms with Gasteiger partial charge in [0.2, 0.25) is 0 Å². The Hall–Kier alpha value is -0.720. The first-order valence-corrected chi connectivity index (χ1v) is 9.52. The van der Waals surface area contributed by atoms with Crippen LogP contribution in [0.15, 0.2) is 17.1 Å². The van der Waals surface area contributed by atoms with Crippen molar-refractivity contribution in [1.82, 2.24) is 10.6 Å². The summed E-state index contributed by atoms with van der Waals surface area (Å²) < 4.78 is 0. The summed E-state index contributed by atoms with van der Waals surface area (Å²) in [5.41, 5.74) is -0.584. The standard InChI is InChI=1S/C15H25N3OS2/c1-3-12-5-6-13(21-12)9-17-14(16-4-2)18-10-15(19)7-8-20-11-15/h5-6,19H,3-4,7-11H2,1-2H3,(H2,16,17,18). The number of hydrogen-bond acceptors (Lipinski definition) is 4. The Kier molecular flexibility index (Phi) is 6.39. The van der Waals surface area contributed by atoms with E-state index in [1.807, 2.05) is 23.1 Å². The van der Waals surface area contributed by atoms with Crippen molar-refractivity contribution in [3.05, 3.63) is 21.9 Å². The van der Waals surface area contributed by atoms with Crippen LogP contribution in [0.5, 0.6) is 0 Å². The summed E-state index contributed by atoms with van der Waals surface area (Å²) in [7, 11) is 0. The van der Waals surface area contributed by atoms with E-state index in [4.69, 9.17) is 0 Å². The monoisotopic (exact) mass is 327 g/mol. The fourth-order valence-corrected chi connectivity index (χ4v) is 4.36. The van der Waals surface area contributed by atoms with Crippen molar-refractivity contribution < 1.29 is 5.11 Å². The first-order chi connectivity index (χ1) is 10.1. The molecule has 4 nitrogen and oxygen atoms in total. The van der Waals surface area contributed by atoms with Crippen molar-refractivity contribution in [2.24, 2.45) is 4.99 Å². The second kappa shape index (κ2) is 8.06. The molecule has 21 heavy (non-hydrogen) atoms. The normalized spacial score (nSPS) is 22.5. The largest absolute Gasteiger partial charge is 0.387 e. The molecule has 0 bridgehead atoms. The zero-order valence-corrected chi connectivity index (χ0v) is 14.4. The molecule has 1 unspecified atom stereocenters. The average Bonchev–Trinajstić information content (AvgIpc) is 3.11. The van der Waals surface area contributed by atoms with E-state index in [1.54, 1.807) is 0 Å². The number of thioether (sulfide) groups is 1. The van der Waals surface area contributed by atoms with Crippen LogP contribution in [-0.2, 0) is 13.0 Å². The van der Waals surface area contributed by atoms with E-state index in [-0.39, 0.29) is 0 Å². The Bertz CT molecular complexity index is 467. The third-order valence-electron chi connectivity index (χ3n) is 3.47. The quantitative estimate of drug-likeness (QED) is 0.554. The first kappa shape index (κ1) is 16.6. The summed E-state index contributed by atoms with van der Waals surface area (Å²) in [5, 5.41) is 16.9. The first-order valence-electron chi connectivity index (χ1n) is 7.55. The fraction of sp³-hybridized carbons (Fsp3) is 0.667. The number of thiophene rings is 1. The molecule has 1 saturated heterocycles. The zero-order valence-electron chi connectivity index (χ0n) is 12.8. The van der Waals surface area contributed by atoms with Gasteiger partial charge in [0.25, 0.3) is 0 Å². The maximum Gasteiger partial charge on any atom is 0.191 e. The smallest absolute Gasteiger partial charge is 0.191 e. The molecule has 2 heterocycles. The molecule has 0 saturated carbocycles. The van der Waals surface area contributed by atoms with E-state index in [1.165, 1.54) is 9.75 Å². The molecular weight excluding hydrogens is 302 g/mol. The van der Waals surface area contributed by atoms with Gasteiger partial charge < -0.3 is 15.7 Å². The lowest BCUT2D eigenvalue weighted by atomic mass is 10.0. The Morgan fingerprint density at radius 2 is 2.14 bits per heavy atom. The maximum atomic E-state index is 10.4. The second-order valence-electron chi connectivity index (χ2n) is 5.30. The van der Waals surface area contributed by atoms with E-state index in [2.05, 4.69) is 41.6 Å². The Morgan fingerprint density at radius 1 is 1.33 bits per heavy atom.